The summed E-state index contributed by atoms with van der Waals surface area (Å²) in [5.74, 6) is 0. The van der Waals surface area contributed by atoms with Crippen molar-refractivity contribution in [2.24, 2.45) is 0 Å². The van der Waals surface area contributed by atoms with Crippen LogP contribution in [-0.2, 0) is 20.3 Å². The van der Waals surface area contributed by atoms with Gasteiger partial charge >= 0.3 is 7.12 Å². The number of nitrogens with zero attached hydrogens (tertiary/aromatic N) is 2. The standard InChI is InChI=1S/C19H37BN2O3Si/c1-14-16(20-24-18(6,7)19(8,9)25-20)15(2)22(21-14)12-13-23-26(10,11)17(3,4)5/h12-13H2,1-11H3. The molecule has 1 saturated heterocycles. The van der Waals surface area contributed by atoms with Crippen LogP contribution in [0.4, 0.5) is 0 Å². The molecule has 0 amide bonds. The molecule has 2 rings (SSSR count). The Labute approximate surface area is 161 Å². The molecule has 5 nitrogen and oxygen atoms in total. The van der Waals surface area contributed by atoms with E-state index in [9.17, 15) is 0 Å². The highest BCUT2D eigenvalue weighted by atomic mass is 28.4. The van der Waals surface area contributed by atoms with E-state index in [1.165, 1.54) is 0 Å². The molecule has 1 aliphatic rings. The van der Waals surface area contributed by atoms with Gasteiger partial charge in [-0.25, -0.2) is 0 Å². The van der Waals surface area contributed by atoms with E-state index >= 15 is 0 Å². The average molecular weight is 380 g/mol. The molecule has 148 valence electrons. The molecule has 2 heterocycles. The van der Waals surface area contributed by atoms with Crippen molar-refractivity contribution in [3.05, 3.63) is 11.4 Å². The molecule has 0 atom stereocenters. The number of aryl methyl sites for hydroxylation is 1. The monoisotopic (exact) mass is 380 g/mol. The van der Waals surface area contributed by atoms with Crippen molar-refractivity contribution in [1.29, 1.82) is 0 Å². The molecule has 0 aromatic carbocycles. The highest BCUT2D eigenvalue weighted by Crippen LogP contribution is 2.37. The normalized spacial score (nSPS) is 20.0. The Kier molecular flexibility index (Phi) is 5.64. The molecule has 0 saturated carbocycles. The maximum absolute atomic E-state index is 6.31. The minimum atomic E-state index is -1.74. The zero-order chi connectivity index (χ0) is 20.1. The lowest BCUT2D eigenvalue weighted by atomic mass is 9.77. The number of rotatable bonds is 5. The van der Waals surface area contributed by atoms with Gasteiger partial charge in [-0.05, 0) is 59.7 Å². The molecule has 26 heavy (non-hydrogen) atoms. The third kappa shape index (κ3) is 3.96. The maximum Gasteiger partial charge on any atom is 0.498 e. The predicted molar refractivity (Wildman–Crippen MR) is 111 cm³/mol. The first-order valence-electron chi connectivity index (χ1n) is 9.62. The molecule has 0 spiro atoms. The molecular formula is C19H37BN2O3Si. The molecule has 1 fully saturated rings. The van der Waals surface area contributed by atoms with Crippen LogP contribution in [0.5, 0.6) is 0 Å². The lowest BCUT2D eigenvalue weighted by molar-refractivity contribution is 0.00578. The minimum Gasteiger partial charge on any atom is -0.415 e. The highest BCUT2D eigenvalue weighted by Gasteiger charge is 2.53. The van der Waals surface area contributed by atoms with Crippen LogP contribution in [0.25, 0.3) is 0 Å². The first-order chi connectivity index (χ1) is 11.6. The van der Waals surface area contributed by atoms with Crippen molar-refractivity contribution in [2.45, 2.75) is 98.2 Å². The Hall–Kier alpha value is -0.628. The van der Waals surface area contributed by atoms with Gasteiger partial charge in [0.05, 0.1) is 30.0 Å². The lowest BCUT2D eigenvalue weighted by Crippen LogP contribution is -2.41. The van der Waals surface area contributed by atoms with Gasteiger partial charge < -0.3 is 13.7 Å². The van der Waals surface area contributed by atoms with Gasteiger partial charge in [-0.3, -0.25) is 4.68 Å². The second-order valence-electron chi connectivity index (χ2n) is 10.0. The van der Waals surface area contributed by atoms with E-state index in [4.69, 9.17) is 18.8 Å². The fraction of sp³-hybridized carbons (Fsp3) is 0.842. The summed E-state index contributed by atoms with van der Waals surface area (Å²) in [6, 6.07) is 0. The minimum absolute atomic E-state index is 0.218. The van der Waals surface area contributed by atoms with E-state index in [2.05, 4.69) is 68.5 Å². The van der Waals surface area contributed by atoms with E-state index in [1.807, 2.05) is 11.6 Å². The Balaban J connectivity index is 2.12. The molecule has 1 aromatic heterocycles. The van der Waals surface area contributed by atoms with E-state index in [0.29, 0.717) is 6.61 Å². The molecule has 0 N–H and O–H groups in total. The van der Waals surface area contributed by atoms with Crippen LogP contribution < -0.4 is 5.46 Å². The predicted octanol–water partition coefficient (Wildman–Crippen LogP) is 3.82. The summed E-state index contributed by atoms with van der Waals surface area (Å²) in [6.07, 6.45) is 0. The Morgan fingerprint density at radius 2 is 1.58 bits per heavy atom. The molecule has 0 aliphatic carbocycles. The van der Waals surface area contributed by atoms with Gasteiger partial charge in [0, 0.05) is 11.2 Å². The van der Waals surface area contributed by atoms with Gasteiger partial charge in [0.2, 0.25) is 0 Å². The van der Waals surface area contributed by atoms with Crippen LogP contribution in [0.2, 0.25) is 18.1 Å². The quantitative estimate of drug-likeness (QED) is 0.729. The van der Waals surface area contributed by atoms with Crippen molar-refractivity contribution in [3.63, 3.8) is 0 Å². The van der Waals surface area contributed by atoms with Crippen molar-refractivity contribution in [1.82, 2.24) is 9.78 Å². The van der Waals surface area contributed by atoms with Crippen LogP contribution in [-0.4, -0.2) is 43.0 Å². The maximum atomic E-state index is 6.31. The Morgan fingerprint density at radius 3 is 2.04 bits per heavy atom. The topological polar surface area (TPSA) is 45.5 Å². The second kappa shape index (κ2) is 6.76. The van der Waals surface area contributed by atoms with Crippen LogP contribution >= 0.6 is 0 Å². The zero-order valence-corrected chi connectivity index (χ0v) is 19.6. The third-order valence-corrected chi connectivity index (χ3v) is 11.0. The highest BCUT2D eigenvalue weighted by molar-refractivity contribution is 6.74. The summed E-state index contributed by atoms with van der Waals surface area (Å²) < 4.78 is 20.8. The molecule has 1 aliphatic heterocycles. The largest absolute Gasteiger partial charge is 0.498 e. The van der Waals surface area contributed by atoms with Gasteiger partial charge in [-0.15, -0.1) is 0 Å². The molecular weight excluding hydrogens is 343 g/mol. The van der Waals surface area contributed by atoms with E-state index in [1.54, 1.807) is 0 Å². The summed E-state index contributed by atoms with van der Waals surface area (Å²) >= 11 is 0. The number of hydrogen-bond donors (Lipinski definition) is 0. The average Bonchev–Trinajstić information content (AvgIpc) is 2.81. The summed E-state index contributed by atoms with van der Waals surface area (Å²) in [5, 5.41) is 4.94. The van der Waals surface area contributed by atoms with Crippen LogP contribution in [0.1, 0.15) is 59.9 Å². The summed E-state index contributed by atoms with van der Waals surface area (Å²) in [5.41, 5.74) is 2.43. The molecule has 0 bridgehead atoms. The van der Waals surface area contributed by atoms with Gasteiger partial charge in [0.1, 0.15) is 0 Å². The molecule has 1 aromatic rings. The fourth-order valence-electron chi connectivity index (χ4n) is 2.83. The molecule has 7 heteroatoms. The summed E-state index contributed by atoms with van der Waals surface area (Å²) in [7, 11) is -2.10. The van der Waals surface area contributed by atoms with Crippen molar-refractivity contribution in [3.8, 4) is 0 Å². The summed E-state index contributed by atoms with van der Waals surface area (Å²) in [4.78, 5) is 0. The molecule has 0 unspecified atom stereocenters. The number of hydrogen-bond acceptors (Lipinski definition) is 4. The smallest absolute Gasteiger partial charge is 0.415 e. The SMILES string of the molecule is Cc1nn(CCO[Si](C)(C)C(C)(C)C)c(C)c1B1OC(C)(C)C(C)(C)O1. The van der Waals surface area contributed by atoms with E-state index in [0.717, 1.165) is 23.4 Å². The van der Waals surface area contributed by atoms with Crippen LogP contribution in [0.3, 0.4) is 0 Å². The third-order valence-electron chi connectivity index (χ3n) is 6.50. The Morgan fingerprint density at radius 1 is 1.08 bits per heavy atom. The van der Waals surface area contributed by atoms with E-state index < -0.39 is 8.32 Å². The van der Waals surface area contributed by atoms with Crippen LogP contribution in [0.15, 0.2) is 0 Å². The first-order valence-corrected chi connectivity index (χ1v) is 12.5. The van der Waals surface area contributed by atoms with Gasteiger partial charge in [-0.2, -0.15) is 5.10 Å². The lowest BCUT2D eigenvalue weighted by Gasteiger charge is -2.36. The summed E-state index contributed by atoms with van der Waals surface area (Å²) in [6.45, 7) is 25.2. The second-order valence-corrected chi connectivity index (χ2v) is 14.8. The van der Waals surface area contributed by atoms with Crippen molar-refractivity contribution in [2.75, 3.05) is 6.61 Å². The van der Waals surface area contributed by atoms with Gasteiger partial charge in [0.25, 0.3) is 0 Å². The Bertz CT molecular complexity index is 646. The van der Waals surface area contributed by atoms with Gasteiger partial charge in [0.15, 0.2) is 8.32 Å². The van der Waals surface area contributed by atoms with Crippen LogP contribution in [0, 0.1) is 13.8 Å². The van der Waals surface area contributed by atoms with Crippen molar-refractivity contribution < 1.29 is 13.7 Å². The first kappa shape index (κ1) is 21.7. The van der Waals surface area contributed by atoms with Gasteiger partial charge in [-0.1, -0.05) is 20.8 Å². The van der Waals surface area contributed by atoms with E-state index in [-0.39, 0.29) is 23.4 Å². The number of aromatic nitrogens is 2. The van der Waals surface area contributed by atoms with Crippen molar-refractivity contribution >= 4 is 20.9 Å². The molecule has 0 radical (unpaired) electrons. The zero-order valence-electron chi connectivity index (χ0n) is 18.6. The fourth-order valence-corrected chi connectivity index (χ4v) is 3.87.